The van der Waals surface area contributed by atoms with Crippen LogP contribution in [0.1, 0.15) is 18.9 Å². The van der Waals surface area contributed by atoms with E-state index in [1.54, 1.807) is 0 Å². The Morgan fingerprint density at radius 3 is 2.59 bits per heavy atom. The van der Waals surface area contributed by atoms with Crippen molar-refractivity contribution in [2.75, 3.05) is 13.2 Å². The van der Waals surface area contributed by atoms with Crippen molar-refractivity contribution in [3.05, 3.63) is 35.4 Å². The summed E-state index contributed by atoms with van der Waals surface area (Å²) in [4.78, 5) is 0. The number of rotatable bonds is 6. The Morgan fingerprint density at radius 1 is 1.29 bits per heavy atom. The van der Waals surface area contributed by atoms with Crippen LogP contribution in [-0.4, -0.2) is 18.7 Å². The summed E-state index contributed by atoms with van der Waals surface area (Å²) in [6.07, 6.45) is 0.618. The highest BCUT2D eigenvalue weighted by atomic mass is 19.2. The highest BCUT2D eigenvalue weighted by Crippen LogP contribution is 2.10. The normalized spacial score (nSPS) is 14.6. The smallest absolute Gasteiger partial charge is 0.159 e. The molecule has 3 nitrogen and oxygen atoms in total. The van der Waals surface area contributed by atoms with E-state index < -0.39 is 17.2 Å². The molecule has 0 bridgehead atoms. The van der Waals surface area contributed by atoms with Crippen LogP contribution in [0.15, 0.2) is 18.2 Å². The summed E-state index contributed by atoms with van der Waals surface area (Å²) in [6.45, 7) is 2.89. The zero-order valence-corrected chi connectivity index (χ0v) is 9.88. The van der Waals surface area contributed by atoms with Crippen molar-refractivity contribution in [1.29, 1.82) is 0 Å². The third kappa shape index (κ3) is 4.77. The molecule has 17 heavy (non-hydrogen) atoms. The molecule has 0 unspecified atom stereocenters. The topological polar surface area (TPSA) is 61.3 Å². The summed E-state index contributed by atoms with van der Waals surface area (Å²) in [6, 6.07) is 3.70. The van der Waals surface area contributed by atoms with E-state index >= 15 is 0 Å². The lowest BCUT2D eigenvalue weighted by molar-refractivity contribution is 0.105. The number of halogens is 2. The molecule has 0 aliphatic carbocycles. The quantitative estimate of drug-likeness (QED) is 0.746. The first-order valence-electron chi connectivity index (χ1n) is 5.45. The summed E-state index contributed by atoms with van der Waals surface area (Å²) in [5.74, 6) is -1.72. The summed E-state index contributed by atoms with van der Waals surface area (Å²) < 4.78 is 30.8. The fraction of sp³-hybridized carbons (Fsp3) is 0.500. The molecule has 0 heterocycles. The van der Waals surface area contributed by atoms with Crippen LogP contribution in [0.3, 0.4) is 0 Å². The van der Waals surface area contributed by atoms with Crippen molar-refractivity contribution in [3.63, 3.8) is 0 Å². The highest BCUT2D eigenvalue weighted by molar-refractivity contribution is 5.16. The van der Waals surface area contributed by atoms with Crippen LogP contribution in [0.4, 0.5) is 8.78 Å². The van der Waals surface area contributed by atoms with E-state index in [9.17, 15) is 8.78 Å². The van der Waals surface area contributed by atoms with Gasteiger partial charge < -0.3 is 16.2 Å². The van der Waals surface area contributed by atoms with E-state index in [0.717, 1.165) is 12.1 Å². The van der Waals surface area contributed by atoms with E-state index in [1.807, 2.05) is 6.92 Å². The molecule has 0 saturated heterocycles. The van der Waals surface area contributed by atoms with Gasteiger partial charge in [0.1, 0.15) is 0 Å². The average molecular weight is 244 g/mol. The van der Waals surface area contributed by atoms with Crippen molar-refractivity contribution in [1.82, 2.24) is 0 Å². The van der Waals surface area contributed by atoms with Crippen molar-refractivity contribution in [3.8, 4) is 0 Å². The summed E-state index contributed by atoms with van der Waals surface area (Å²) in [5.41, 5.74) is 11.4. The summed E-state index contributed by atoms with van der Waals surface area (Å²) in [5, 5.41) is 0. The lowest BCUT2D eigenvalue weighted by atomic mass is 10.0. The van der Waals surface area contributed by atoms with Gasteiger partial charge in [-0.1, -0.05) is 6.07 Å². The Morgan fingerprint density at radius 2 is 2.00 bits per heavy atom. The third-order valence-electron chi connectivity index (χ3n) is 2.54. The molecule has 4 N–H and O–H groups in total. The van der Waals surface area contributed by atoms with Crippen LogP contribution in [0.5, 0.6) is 0 Å². The van der Waals surface area contributed by atoms with Crippen molar-refractivity contribution in [2.24, 2.45) is 11.5 Å². The zero-order chi connectivity index (χ0) is 12.9. The van der Waals surface area contributed by atoms with Gasteiger partial charge in [-0.05, 0) is 31.0 Å². The van der Waals surface area contributed by atoms with E-state index in [2.05, 4.69) is 0 Å². The second kappa shape index (κ2) is 6.05. The molecule has 0 spiro atoms. The van der Waals surface area contributed by atoms with Crippen LogP contribution in [0, 0.1) is 11.6 Å². The first-order valence-corrected chi connectivity index (χ1v) is 5.45. The Hall–Kier alpha value is -1.04. The number of nitrogens with two attached hydrogens (primary N) is 2. The molecule has 0 amide bonds. The molecular weight excluding hydrogens is 226 g/mol. The molecule has 1 aromatic carbocycles. The van der Waals surface area contributed by atoms with E-state index in [0.29, 0.717) is 25.1 Å². The van der Waals surface area contributed by atoms with Crippen LogP contribution < -0.4 is 11.5 Å². The zero-order valence-electron chi connectivity index (χ0n) is 9.88. The van der Waals surface area contributed by atoms with Crippen molar-refractivity contribution >= 4 is 0 Å². The molecule has 0 saturated carbocycles. The average Bonchev–Trinajstić information content (AvgIpc) is 2.29. The second-order valence-corrected chi connectivity index (χ2v) is 4.41. The Balaban J connectivity index is 2.34. The van der Waals surface area contributed by atoms with Crippen molar-refractivity contribution in [2.45, 2.75) is 25.5 Å². The maximum absolute atomic E-state index is 12.9. The Bertz CT molecular complexity index is 370. The maximum atomic E-state index is 12.9. The van der Waals surface area contributed by atoms with E-state index in [1.165, 1.54) is 6.07 Å². The predicted octanol–water partition coefficient (Wildman–Crippen LogP) is 1.55. The Kier molecular flexibility index (Phi) is 4.99. The number of hydrogen-bond donors (Lipinski definition) is 2. The van der Waals surface area contributed by atoms with E-state index in [-0.39, 0.29) is 6.61 Å². The number of benzene rings is 1. The maximum Gasteiger partial charge on any atom is 0.159 e. The van der Waals surface area contributed by atoms with Gasteiger partial charge in [0.15, 0.2) is 11.6 Å². The van der Waals surface area contributed by atoms with Gasteiger partial charge in [-0.25, -0.2) is 8.78 Å². The predicted molar refractivity (Wildman–Crippen MR) is 62.3 cm³/mol. The van der Waals surface area contributed by atoms with Gasteiger partial charge in [-0.15, -0.1) is 0 Å². The van der Waals surface area contributed by atoms with Gasteiger partial charge >= 0.3 is 0 Å². The lowest BCUT2D eigenvalue weighted by Gasteiger charge is -2.21. The summed E-state index contributed by atoms with van der Waals surface area (Å²) in [7, 11) is 0. The fourth-order valence-electron chi connectivity index (χ4n) is 1.23. The third-order valence-corrected chi connectivity index (χ3v) is 2.54. The SMILES string of the molecule is C[C@@](N)(CN)CCOCc1ccc(F)c(F)c1. The van der Waals surface area contributed by atoms with Gasteiger partial charge in [-0.2, -0.15) is 0 Å². The molecule has 0 radical (unpaired) electrons. The minimum absolute atomic E-state index is 0.234. The van der Waals surface area contributed by atoms with Gasteiger partial charge in [-0.3, -0.25) is 0 Å². The molecule has 0 fully saturated rings. The monoisotopic (exact) mass is 244 g/mol. The van der Waals surface area contributed by atoms with E-state index in [4.69, 9.17) is 16.2 Å². The summed E-state index contributed by atoms with van der Waals surface area (Å²) >= 11 is 0. The first-order chi connectivity index (χ1) is 7.94. The highest BCUT2D eigenvalue weighted by Gasteiger charge is 2.15. The van der Waals surface area contributed by atoms with Crippen LogP contribution in [0.2, 0.25) is 0 Å². The molecule has 1 atom stereocenters. The fourth-order valence-corrected chi connectivity index (χ4v) is 1.23. The van der Waals surface area contributed by atoms with Crippen molar-refractivity contribution < 1.29 is 13.5 Å². The molecule has 5 heteroatoms. The first kappa shape index (κ1) is 14.0. The Labute approximate surface area is 99.7 Å². The molecular formula is C12H18F2N2O. The molecule has 1 aromatic rings. The van der Waals surface area contributed by atoms with Crippen LogP contribution in [0.25, 0.3) is 0 Å². The molecule has 0 aromatic heterocycles. The molecule has 96 valence electrons. The molecule has 0 aliphatic heterocycles. The van der Waals surface area contributed by atoms with Crippen LogP contribution in [-0.2, 0) is 11.3 Å². The molecule has 0 aliphatic rings. The number of ether oxygens (including phenoxy) is 1. The lowest BCUT2D eigenvalue weighted by Crippen LogP contribution is -2.44. The van der Waals surface area contributed by atoms with Gasteiger partial charge in [0.05, 0.1) is 6.61 Å². The van der Waals surface area contributed by atoms with Gasteiger partial charge in [0.2, 0.25) is 0 Å². The second-order valence-electron chi connectivity index (χ2n) is 4.41. The minimum atomic E-state index is -0.864. The largest absolute Gasteiger partial charge is 0.377 e. The minimum Gasteiger partial charge on any atom is -0.377 e. The van der Waals surface area contributed by atoms with Crippen LogP contribution >= 0.6 is 0 Å². The number of hydrogen-bond acceptors (Lipinski definition) is 3. The van der Waals surface area contributed by atoms with Gasteiger partial charge in [0, 0.05) is 18.7 Å². The van der Waals surface area contributed by atoms with Gasteiger partial charge in [0.25, 0.3) is 0 Å². The molecule has 1 rings (SSSR count). The standard InChI is InChI=1S/C12H18F2N2O/c1-12(16,8-15)4-5-17-7-9-2-3-10(13)11(14)6-9/h2-3,6H,4-5,7-8,15-16H2,1H3/t12-/m0/s1.